The molecular weight excluding hydrogens is 450 g/mol. The van der Waals surface area contributed by atoms with Gasteiger partial charge >= 0.3 is 0 Å². The summed E-state index contributed by atoms with van der Waals surface area (Å²) in [4.78, 5) is 0. The Balaban J connectivity index is 1.64. The number of hydrogen-bond donors (Lipinski definition) is 1. The molecule has 0 fully saturated rings. The van der Waals surface area contributed by atoms with Crippen LogP contribution in [0, 0.1) is 0 Å². The van der Waals surface area contributed by atoms with Gasteiger partial charge in [-0.3, -0.25) is 0 Å². The van der Waals surface area contributed by atoms with Crippen LogP contribution in [0.2, 0.25) is 0 Å². The number of furan rings is 1. The minimum atomic E-state index is -0.591. The lowest BCUT2D eigenvalue weighted by atomic mass is 9.61. The van der Waals surface area contributed by atoms with E-state index in [1.165, 1.54) is 27.5 Å². The average Bonchev–Trinajstić information content (AvgIpc) is 3.35. The summed E-state index contributed by atoms with van der Waals surface area (Å²) in [5.74, 6) is 0. The molecule has 8 rings (SSSR count). The standard InChI is InChI=1S/C35H23NO/c1-2-13-24-23(11-1)12-9-18-27(24)35(28-16-4-6-20-31(28)36-32-21-7-5-17-29(32)35)30-19-10-15-26-25-14-3-8-22-33(25)37-34(26)30/h1-22,36H. The van der Waals surface area contributed by atoms with Gasteiger partial charge in [-0.1, -0.05) is 115 Å². The summed E-state index contributed by atoms with van der Waals surface area (Å²) in [6, 6.07) is 47.7. The van der Waals surface area contributed by atoms with E-state index >= 15 is 0 Å². The Bertz CT molecular complexity index is 1930. The quantitative estimate of drug-likeness (QED) is 0.271. The van der Waals surface area contributed by atoms with Crippen LogP contribution in [0.4, 0.5) is 11.4 Å². The Morgan fingerprint density at radius 2 is 0.973 bits per heavy atom. The fourth-order valence-electron chi connectivity index (χ4n) is 6.45. The lowest BCUT2D eigenvalue weighted by molar-refractivity contribution is 0.645. The molecule has 1 aromatic heterocycles. The van der Waals surface area contributed by atoms with Gasteiger partial charge in [-0.2, -0.15) is 0 Å². The van der Waals surface area contributed by atoms with Crippen molar-refractivity contribution in [3.05, 3.63) is 156 Å². The van der Waals surface area contributed by atoms with Crippen molar-refractivity contribution >= 4 is 44.1 Å². The number of rotatable bonds is 2. The molecule has 37 heavy (non-hydrogen) atoms. The zero-order chi connectivity index (χ0) is 24.4. The Morgan fingerprint density at radius 1 is 0.432 bits per heavy atom. The third-order valence-corrected chi connectivity index (χ3v) is 7.93. The molecule has 0 atom stereocenters. The molecule has 0 spiro atoms. The molecule has 0 radical (unpaired) electrons. The predicted molar refractivity (Wildman–Crippen MR) is 153 cm³/mol. The van der Waals surface area contributed by atoms with E-state index in [1.807, 2.05) is 6.07 Å². The summed E-state index contributed by atoms with van der Waals surface area (Å²) in [5, 5.41) is 8.48. The van der Waals surface area contributed by atoms with Gasteiger partial charge < -0.3 is 9.73 Å². The first-order valence-electron chi connectivity index (χ1n) is 12.7. The van der Waals surface area contributed by atoms with Crippen LogP contribution in [-0.4, -0.2) is 0 Å². The van der Waals surface area contributed by atoms with Gasteiger partial charge in [0.1, 0.15) is 11.2 Å². The van der Waals surface area contributed by atoms with Crippen LogP contribution in [0.15, 0.2) is 138 Å². The second-order valence-corrected chi connectivity index (χ2v) is 9.77. The summed E-state index contributed by atoms with van der Waals surface area (Å²) in [6.45, 7) is 0. The van der Waals surface area contributed by atoms with Crippen molar-refractivity contribution in [3.63, 3.8) is 0 Å². The van der Waals surface area contributed by atoms with Gasteiger partial charge in [0.2, 0.25) is 0 Å². The molecule has 0 bridgehead atoms. The number of benzene rings is 6. The normalized spacial score (nSPS) is 13.8. The number of fused-ring (bicyclic) bond motifs is 6. The van der Waals surface area contributed by atoms with Crippen LogP contribution in [-0.2, 0) is 5.41 Å². The molecule has 0 saturated heterocycles. The highest BCUT2D eigenvalue weighted by Crippen LogP contribution is 2.56. The van der Waals surface area contributed by atoms with E-state index < -0.39 is 5.41 Å². The van der Waals surface area contributed by atoms with E-state index in [9.17, 15) is 0 Å². The van der Waals surface area contributed by atoms with Gasteiger partial charge in [0.05, 0.1) is 5.41 Å². The van der Waals surface area contributed by atoms with Crippen molar-refractivity contribution in [1.29, 1.82) is 0 Å². The summed E-state index contributed by atoms with van der Waals surface area (Å²) < 4.78 is 6.71. The highest BCUT2D eigenvalue weighted by molar-refractivity contribution is 6.07. The van der Waals surface area contributed by atoms with Crippen molar-refractivity contribution in [3.8, 4) is 0 Å². The Kier molecular flexibility index (Phi) is 4.18. The monoisotopic (exact) mass is 473 g/mol. The van der Waals surface area contributed by atoms with E-state index in [4.69, 9.17) is 4.42 Å². The van der Waals surface area contributed by atoms with Gasteiger partial charge in [-0.25, -0.2) is 0 Å². The van der Waals surface area contributed by atoms with Gasteiger partial charge in [-0.15, -0.1) is 0 Å². The van der Waals surface area contributed by atoms with Crippen LogP contribution in [0.3, 0.4) is 0 Å². The van der Waals surface area contributed by atoms with Crippen molar-refractivity contribution in [2.75, 3.05) is 5.32 Å². The van der Waals surface area contributed by atoms with Crippen molar-refractivity contribution < 1.29 is 4.42 Å². The number of anilines is 2. The number of nitrogens with one attached hydrogen (secondary N) is 1. The molecule has 0 saturated carbocycles. The Hall–Kier alpha value is -4.82. The number of para-hydroxylation sites is 4. The topological polar surface area (TPSA) is 25.2 Å². The highest BCUT2D eigenvalue weighted by atomic mass is 16.3. The first kappa shape index (κ1) is 20.4. The number of hydrogen-bond acceptors (Lipinski definition) is 2. The van der Waals surface area contributed by atoms with Crippen molar-refractivity contribution in [1.82, 2.24) is 0 Å². The molecule has 174 valence electrons. The minimum Gasteiger partial charge on any atom is -0.456 e. The van der Waals surface area contributed by atoms with E-state index in [-0.39, 0.29) is 0 Å². The van der Waals surface area contributed by atoms with Crippen LogP contribution in [0.1, 0.15) is 22.3 Å². The van der Waals surface area contributed by atoms with Gasteiger partial charge in [0.25, 0.3) is 0 Å². The zero-order valence-electron chi connectivity index (χ0n) is 20.1. The first-order chi connectivity index (χ1) is 18.4. The third kappa shape index (κ3) is 2.70. The van der Waals surface area contributed by atoms with Crippen LogP contribution < -0.4 is 5.32 Å². The van der Waals surface area contributed by atoms with E-state index in [0.717, 1.165) is 38.9 Å². The second kappa shape index (κ2) is 7.59. The Morgan fingerprint density at radius 3 is 1.78 bits per heavy atom. The maximum absolute atomic E-state index is 6.71. The molecule has 2 heterocycles. The molecule has 1 aliphatic rings. The molecule has 6 aromatic carbocycles. The Labute approximate surface area is 214 Å². The van der Waals surface area contributed by atoms with E-state index in [2.05, 4.69) is 133 Å². The van der Waals surface area contributed by atoms with Crippen molar-refractivity contribution in [2.45, 2.75) is 5.41 Å². The van der Waals surface area contributed by atoms with Gasteiger partial charge in [-0.05, 0) is 45.7 Å². The smallest absolute Gasteiger partial charge is 0.140 e. The van der Waals surface area contributed by atoms with Crippen LogP contribution >= 0.6 is 0 Å². The predicted octanol–water partition coefficient (Wildman–Crippen LogP) is 9.18. The molecule has 2 nitrogen and oxygen atoms in total. The molecular formula is C35H23NO. The summed E-state index contributed by atoms with van der Waals surface area (Å²) >= 11 is 0. The van der Waals surface area contributed by atoms with Gasteiger partial charge in [0, 0.05) is 27.7 Å². The SMILES string of the molecule is c1ccc2c(c1)Nc1ccccc1C2(c1cccc2ccccc12)c1cccc2c1oc1ccccc12. The fourth-order valence-corrected chi connectivity index (χ4v) is 6.45. The minimum absolute atomic E-state index is 0.591. The fraction of sp³-hybridized carbons (Fsp3) is 0.0286. The lowest BCUT2D eigenvalue weighted by Gasteiger charge is -2.42. The van der Waals surface area contributed by atoms with Crippen LogP contribution in [0.5, 0.6) is 0 Å². The largest absolute Gasteiger partial charge is 0.456 e. The molecule has 7 aromatic rings. The molecule has 1 N–H and O–H groups in total. The summed E-state index contributed by atoms with van der Waals surface area (Å²) in [7, 11) is 0. The zero-order valence-corrected chi connectivity index (χ0v) is 20.1. The van der Waals surface area contributed by atoms with E-state index in [1.54, 1.807) is 0 Å². The van der Waals surface area contributed by atoms with E-state index in [0.29, 0.717) is 0 Å². The lowest BCUT2D eigenvalue weighted by Crippen LogP contribution is -2.35. The highest BCUT2D eigenvalue weighted by Gasteiger charge is 2.46. The summed E-state index contributed by atoms with van der Waals surface area (Å²) in [5.41, 5.74) is 8.32. The molecule has 1 aliphatic heterocycles. The van der Waals surface area contributed by atoms with Gasteiger partial charge in [0.15, 0.2) is 0 Å². The molecule has 2 heteroatoms. The third-order valence-electron chi connectivity index (χ3n) is 7.93. The summed E-state index contributed by atoms with van der Waals surface area (Å²) in [6.07, 6.45) is 0. The maximum Gasteiger partial charge on any atom is 0.140 e. The molecule has 0 aliphatic carbocycles. The van der Waals surface area contributed by atoms with Crippen LogP contribution in [0.25, 0.3) is 32.7 Å². The maximum atomic E-state index is 6.71. The first-order valence-corrected chi connectivity index (χ1v) is 12.7. The van der Waals surface area contributed by atoms with Crippen molar-refractivity contribution in [2.24, 2.45) is 0 Å². The average molecular weight is 474 g/mol. The molecule has 0 amide bonds. The molecule has 0 unspecified atom stereocenters. The second-order valence-electron chi connectivity index (χ2n) is 9.77.